The lowest BCUT2D eigenvalue weighted by Crippen LogP contribution is -2.31. The molecule has 1 unspecified atom stereocenters. The Morgan fingerprint density at radius 2 is 2.00 bits per heavy atom. The first-order valence-electron chi connectivity index (χ1n) is 5.10. The molecule has 0 fully saturated rings. The number of carbonyl (C=O) groups is 2. The third-order valence-corrected chi connectivity index (χ3v) is 2.64. The van der Waals surface area contributed by atoms with Gasteiger partial charge in [-0.25, -0.2) is 0 Å². The van der Waals surface area contributed by atoms with Gasteiger partial charge in [0, 0.05) is 10.9 Å². The molecule has 0 saturated heterocycles. The fourth-order valence-corrected chi connectivity index (χ4v) is 1.80. The Kier molecular flexibility index (Phi) is 3.86. The molecule has 1 atom stereocenters. The van der Waals surface area contributed by atoms with Crippen LogP contribution in [0.1, 0.15) is 38.1 Å². The topological polar surface area (TPSA) is 43.4 Å². The van der Waals surface area contributed by atoms with Crippen molar-refractivity contribution in [1.82, 2.24) is 0 Å². The van der Waals surface area contributed by atoms with Crippen LogP contribution in [0.25, 0.3) is 0 Å². The summed E-state index contributed by atoms with van der Waals surface area (Å²) in [5.74, 6) is -1.40. The molecule has 0 N–H and O–H groups in total. The Bertz CT molecular complexity index is 373. The molecule has 0 aliphatic carbocycles. The van der Waals surface area contributed by atoms with Crippen molar-refractivity contribution in [3.05, 3.63) is 22.4 Å². The van der Waals surface area contributed by atoms with E-state index in [1.807, 2.05) is 5.38 Å². The lowest BCUT2D eigenvalue weighted by atomic mass is 10.0. The van der Waals surface area contributed by atoms with Crippen LogP contribution in [0.15, 0.2) is 16.8 Å². The molecule has 88 valence electrons. The van der Waals surface area contributed by atoms with Crippen molar-refractivity contribution in [1.29, 1.82) is 0 Å². The SMILES string of the molecule is CC(C(=O)OC(C)(C)C)C(=O)c1ccsc1. The van der Waals surface area contributed by atoms with E-state index in [1.165, 1.54) is 11.3 Å². The highest BCUT2D eigenvalue weighted by Gasteiger charge is 2.27. The zero-order valence-electron chi connectivity index (χ0n) is 9.94. The molecule has 0 amide bonds. The fourth-order valence-electron chi connectivity index (χ4n) is 1.15. The Morgan fingerprint density at radius 1 is 1.38 bits per heavy atom. The van der Waals surface area contributed by atoms with Crippen LogP contribution < -0.4 is 0 Å². The normalized spacial score (nSPS) is 13.2. The van der Waals surface area contributed by atoms with Gasteiger partial charge in [-0.15, -0.1) is 0 Å². The third-order valence-electron chi connectivity index (χ3n) is 1.96. The molecule has 0 aliphatic rings. The summed E-state index contributed by atoms with van der Waals surface area (Å²) in [6.45, 7) is 6.93. The highest BCUT2D eigenvalue weighted by Crippen LogP contribution is 2.16. The van der Waals surface area contributed by atoms with E-state index in [9.17, 15) is 9.59 Å². The van der Waals surface area contributed by atoms with Crippen LogP contribution in [-0.4, -0.2) is 17.4 Å². The minimum Gasteiger partial charge on any atom is -0.459 e. The molecular formula is C12H16O3S. The van der Waals surface area contributed by atoms with Crippen molar-refractivity contribution in [2.75, 3.05) is 0 Å². The first-order chi connectivity index (χ1) is 7.31. The van der Waals surface area contributed by atoms with Crippen LogP contribution in [0, 0.1) is 5.92 Å². The summed E-state index contributed by atoms with van der Waals surface area (Å²) in [6.07, 6.45) is 0. The lowest BCUT2D eigenvalue weighted by molar-refractivity contribution is -0.157. The largest absolute Gasteiger partial charge is 0.459 e. The molecule has 1 aromatic rings. The van der Waals surface area contributed by atoms with Crippen LogP contribution in [0.5, 0.6) is 0 Å². The fraction of sp³-hybridized carbons (Fsp3) is 0.500. The Balaban J connectivity index is 2.68. The quantitative estimate of drug-likeness (QED) is 0.463. The number of rotatable bonds is 3. The molecule has 0 aliphatic heterocycles. The molecule has 0 aromatic carbocycles. The smallest absolute Gasteiger partial charge is 0.317 e. The van der Waals surface area contributed by atoms with E-state index < -0.39 is 17.5 Å². The second-order valence-electron chi connectivity index (χ2n) is 4.63. The predicted octanol–water partition coefficient (Wildman–Crippen LogP) is 2.91. The van der Waals surface area contributed by atoms with Gasteiger partial charge in [0.15, 0.2) is 5.78 Å². The summed E-state index contributed by atoms with van der Waals surface area (Å²) in [7, 11) is 0. The number of thiophene rings is 1. The van der Waals surface area contributed by atoms with Crippen molar-refractivity contribution in [2.45, 2.75) is 33.3 Å². The number of ether oxygens (including phenoxy) is 1. The molecule has 3 nitrogen and oxygen atoms in total. The number of ketones is 1. The first kappa shape index (κ1) is 12.9. The average molecular weight is 240 g/mol. The van der Waals surface area contributed by atoms with Gasteiger partial charge < -0.3 is 4.74 Å². The van der Waals surface area contributed by atoms with Crippen LogP contribution >= 0.6 is 11.3 Å². The first-order valence-corrected chi connectivity index (χ1v) is 6.05. The van der Waals surface area contributed by atoms with Gasteiger partial charge in [-0.1, -0.05) is 0 Å². The van der Waals surface area contributed by atoms with Gasteiger partial charge in [-0.3, -0.25) is 9.59 Å². The zero-order chi connectivity index (χ0) is 12.3. The van der Waals surface area contributed by atoms with Crippen LogP contribution in [0.3, 0.4) is 0 Å². The van der Waals surface area contributed by atoms with E-state index in [0.717, 1.165) is 0 Å². The Morgan fingerprint density at radius 3 is 2.44 bits per heavy atom. The van der Waals surface area contributed by atoms with Gasteiger partial charge in [-0.2, -0.15) is 11.3 Å². The number of esters is 1. The maximum atomic E-state index is 11.8. The van der Waals surface area contributed by atoms with E-state index in [4.69, 9.17) is 4.74 Å². The maximum Gasteiger partial charge on any atom is 0.317 e. The molecule has 1 rings (SSSR count). The van der Waals surface area contributed by atoms with E-state index in [1.54, 1.807) is 39.1 Å². The molecule has 0 bridgehead atoms. The molecule has 4 heteroatoms. The zero-order valence-corrected chi connectivity index (χ0v) is 10.8. The van der Waals surface area contributed by atoms with Crippen molar-refractivity contribution in [3.63, 3.8) is 0 Å². The molecular weight excluding hydrogens is 224 g/mol. The number of carbonyl (C=O) groups excluding carboxylic acids is 2. The van der Waals surface area contributed by atoms with Crippen molar-refractivity contribution in [2.24, 2.45) is 5.92 Å². The van der Waals surface area contributed by atoms with Gasteiger partial charge in [-0.05, 0) is 39.1 Å². The average Bonchev–Trinajstić information content (AvgIpc) is 2.65. The van der Waals surface area contributed by atoms with Gasteiger partial charge in [0.05, 0.1) is 0 Å². The molecule has 0 saturated carbocycles. The monoisotopic (exact) mass is 240 g/mol. The van der Waals surface area contributed by atoms with E-state index in [2.05, 4.69) is 0 Å². The van der Waals surface area contributed by atoms with Crippen molar-refractivity contribution in [3.8, 4) is 0 Å². The molecule has 0 spiro atoms. The molecule has 1 heterocycles. The van der Waals surface area contributed by atoms with E-state index in [0.29, 0.717) is 5.56 Å². The number of hydrogen-bond donors (Lipinski definition) is 0. The summed E-state index contributed by atoms with van der Waals surface area (Å²) < 4.78 is 5.16. The number of Topliss-reactive ketones (excluding diaryl/α,β-unsaturated/α-hetero) is 1. The maximum absolute atomic E-state index is 11.8. The van der Waals surface area contributed by atoms with Gasteiger partial charge in [0.25, 0.3) is 0 Å². The number of hydrogen-bond acceptors (Lipinski definition) is 4. The molecule has 1 aromatic heterocycles. The lowest BCUT2D eigenvalue weighted by Gasteiger charge is -2.21. The highest BCUT2D eigenvalue weighted by molar-refractivity contribution is 7.08. The third kappa shape index (κ3) is 3.45. The van der Waals surface area contributed by atoms with E-state index in [-0.39, 0.29) is 5.78 Å². The summed E-state index contributed by atoms with van der Waals surface area (Å²) in [4.78, 5) is 23.5. The molecule has 0 radical (unpaired) electrons. The Labute approximate surface area is 99.4 Å². The summed E-state index contributed by atoms with van der Waals surface area (Å²) in [5.41, 5.74) is 0.0173. The van der Waals surface area contributed by atoms with Gasteiger partial charge >= 0.3 is 5.97 Å². The Hall–Kier alpha value is -1.16. The minimum atomic E-state index is -0.742. The highest BCUT2D eigenvalue weighted by atomic mass is 32.1. The van der Waals surface area contributed by atoms with Crippen molar-refractivity contribution < 1.29 is 14.3 Å². The molecule has 16 heavy (non-hydrogen) atoms. The van der Waals surface area contributed by atoms with E-state index >= 15 is 0 Å². The minimum absolute atomic E-state index is 0.185. The summed E-state index contributed by atoms with van der Waals surface area (Å²) in [5, 5.41) is 3.55. The summed E-state index contributed by atoms with van der Waals surface area (Å²) in [6, 6.07) is 1.72. The van der Waals surface area contributed by atoms with Crippen LogP contribution in [-0.2, 0) is 9.53 Å². The standard InChI is InChI=1S/C12H16O3S/c1-8(11(14)15-12(2,3)4)10(13)9-5-6-16-7-9/h5-8H,1-4H3. The second kappa shape index (κ2) is 4.78. The van der Waals surface area contributed by atoms with Gasteiger partial charge in [0.1, 0.15) is 11.5 Å². The second-order valence-corrected chi connectivity index (χ2v) is 5.41. The summed E-state index contributed by atoms with van der Waals surface area (Å²) >= 11 is 1.44. The van der Waals surface area contributed by atoms with Gasteiger partial charge in [0.2, 0.25) is 0 Å². The predicted molar refractivity (Wildman–Crippen MR) is 63.7 cm³/mol. The van der Waals surface area contributed by atoms with Crippen molar-refractivity contribution >= 4 is 23.1 Å². The van der Waals surface area contributed by atoms with Crippen LogP contribution in [0.4, 0.5) is 0 Å². The van der Waals surface area contributed by atoms with Crippen LogP contribution in [0.2, 0.25) is 0 Å².